The molecule has 3 heterocycles. The number of amides is 2. The highest BCUT2D eigenvalue weighted by Crippen LogP contribution is 2.25. The Labute approximate surface area is 215 Å². The third kappa shape index (κ3) is 5.77. The van der Waals surface area contributed by atoms with Crippen LogP contribution in [0.3, 0.4) is 0 Å². The van der Waals surface area contributed by atoms with Gasteiger partial charge in [0.05, 0.1) is 17.8 Å². The van der Waals surface area contributed by atoms with Crippen LogP contribution < -0.4 is 5.32 Å². The molecule has 36 heavy (non-hydrogen) atoms. The first-order valence-corrected chi connectivity index (χ1v) is 12.9. The van der Waals surface area contributed by atoms with E-state index < -0.39 is 0 Å². The zero-order valence-corrected chi connectivity index (χ0v) is 20.9. The lowest BCUT2D eigenvalue weighted by Crippen LogP contribution is -2.38. The first kappa shape index (κ1) is 24.5. The monoisotopic (exact) mass is 507 g/mol. The van der Waals surface area contributed by atoms with Gasteiger partial charge in [-0.2, -0.15) is 4.98 Å². The van der Waals surface area contributed by atoms with Gasteiger partial charge in [-0.05, 0) is 69.5 Å². The van der Waals surface area contributed by atoms with Crippen molar-refractivity contribution in [2.75, 3.05) is 31.5 Å². The molecule has 2 amide bonds. The van der Waals surface area contributed by atoms with Crippen molar-refractivity contribution in [3.8, 4) is 11.4 Å². The molecule has 0 radical (unpaired) electrons. The Kier molecular flexibility index (Phi) is 7.63. The molecule has 1 N–H and O–H groups in total. The molecule has 8 nitrogen and oxygen atoms in total. The Balaban J connectivity index is 1.15. The number of aromatic nitrogens is 2. The summed E-state index contributed by atoms with van der Waals surface area (Å²) >= 11 is 6.06. The average molecular weight is 508 g/mol. The molecule has 188 valence electrons. The van der Waals surface area contributed by atoms with Crippen LogP contribution >= 0.6 is 11.6 Å². The Morgan fingerprint density at radius 2 is 1.78 bits per heavy atom. The fraction of sp³-hybridized carbons (Fsp3) is 0.407. The van der Waals surface area contributed by atoms with Gasteiger partial charge in [-0.25, -0.2) is 0 Å². The summed E-state index contributed by atoms with van der Waals surface area (Å²) in [4.78, 5) is 34.7. The number of para-hydroxylation sites is 1. The molecule has 2 aliphatic rings. The first-order chi connectivity index (χ1) is 17.6. The van der Waals surface area contributed by atoms with Crippen molar-refractivity contribution in [2.24, 2.45) is 5.92 Å². The number of piperidine rings is 2. The molecule has 2 aliphatic heterocycles. The van der Waals surface area contributed by atoms with Crippen molar-refractivity contribution in [2.45, 2.75) is 38.6 Å². The van der Waals surface area contributed by atoms with Crippen LogP contribution in [0.25, 0.3) is 11.4 Å². The van der Waals surface area contributed by atoms with Crippen LogP contribution in [-0.2, 0) is 11.3 Å². The smallest absolute Gasteiger partial charge is 0.255 e. The Morgan fingerprint density at radius 1 is 1.00 bits per heavy atom. The lowest BCUT2D eigenvalue weighted by atomic mass is 9.95. The highest BCUT2D eigenvalue weighted by molar-refractivity contribution is 6.30. The minimum absolute atomic E-state index is 0.00267. The fourth-order valence-corrected chi connectivity index (χ4v) is 5.08. The van der Waals surface area contributed by atoms with Crippen LogP contribution in [0.4, 0.5) is 5.69 Å². The molecule has 2 saturated heterocycles. The third-order valence-electron chi connectivity index (χ3n) is 6.93. The second kappa shape index (κ2) is 11.2. The third-order valence-corrected chi connectivity index (χ3v) is 7.16. The van der Waals surface area contributed by atoms with E-state index >= 15 is 0 Å². The van der Waals surface area contributed by atoms with Crippen LogP contribution in [-0.4, -0.2) is 57.9 Å². The van der Waals surface area contributed by atoms with E-state index in [1.807, 2.05) is 35.2 Å². The average Bonchev–Trinajstić information content (AvgIpc) is 3.38. The van der Waals surface area contributed by atoms with Gasteiger partial charge in [0.15, 0.2) is 0 Å². The van der Waals surface area contributed by atoms with E-state index in [2.05, 4.69) is 20.4 Å². The summed E-state index contributed by atoms with van der Waals surface area (Å²) in [5.74, 6) is 0.911. The van der Waals surface area contributed by atoms with Crippen LogP contribution in [0.2, 0.25) is 5.02 Å². The van der Waals surface area contributed by atoms with E-state index in [-0.39, 0.29) is 17.7 Å². The lowest BCUT2D eigenvalue weighted by Gasteiger charge is -2.30. The zero-order valence-electron chi connectivity index (χ0n) is 20.2. The van der Waals surface area contributed by atoms with E-state index in [9.17, 15) is 9.59 Å². The number of carbonyl (C=O) groups excluding carboxylic acids is 2. The topological polar surface area (TPSA) is 91.6 Å². The molecule has 9 heteroatoms. The van der Waals surface area contributed by atoms with Gasteiger partial charge in [-0.3, -0.25) is 14.5 Å². The van der Waals surface area contributed by atoms with Crippen LogP contribution in [0.15, 0.2) is 53.1 Å². The minimum Gasteiger partial charge on any atom is -0.339 e. The standard InChI is InChI=1S/C27H30ClN5O3/c28-21-8-6-7-20(17-21)25-30-24(36-31-25)18-32-15-11-19(12-16-32)26(34)29-23-10-3-2-9-22(23)27(35)33-13-4-1-5-14-33/h2-3,6-10,17,19H,1,4-5,11-16,18H2,(H,29,34). The van der Waals surface area contributed by atoms with E-state index in [0.29, 0.717) is 34.5 Å². The molecule has 5 rings (SSSR count). The molecule has 3 aromatic rings. The van der Waals surface area contributed by atoms with Crippen LogP contribution in [0, 0.1) is 5.92 Å². The van der Waals surface area contributed by atoms with Crippen molar-refractivity contribution in [3.05, 3.63) is 65.0 Å². The van der Waals surface area contributed by atoms with Crippen molar-refractivity contribution in [1.29, 1.82) is 0 Å². The van der Waals surface area contributed by atoms with Gasteiger partial charge in [0, 0.05) is 29.6 Å². The molecular formula is C27H30ClN5O3. The quantitative estimate of drug-likeness (QED) is 0.512. The first-order valence-electron chi connectivity index (χ1n) is 12.6. The molecule has 0 spiro atoms. The number of benzene rings is 2. The van der Waals surface area contributed by atoms with Gasteiger partial charge in [-0.1, -0.05) is 41.0 Å². The largest absolute Gasteiger partial charge is 0.339 e. The molecule has 0 unspecified atom stereocenters. The number of nitrogens with zero attached hydrogens (tertiary/aromatic N) is 4. The van der Waals surface area contributed by atoms with Crippen molar-refractivity contribution in [1.82, 2.24) is 19.9 Å². The summed E-state index contributed by atoms with van der Waals surface area (Å²) in [5, 5.41) is 7.73. The number of halogens is 1. The minimum atomic E-state index is -0.107. The number of hydrogen-bond acceptors (Lipinski definition) is 6. The highest BCUT2D eigenvalue weighted by Gasteiger charge is 2.28. The molecule has 1 aromatic heterocycles. The number of likely N-dealkylation sites (tertiary alicyclic amines) is 2. The van der Waals surface area contributed by atoms with Crippen LogP contribution in [0.5, 0.6) is 0 Å². The second-order valence-electron chi connectivity index (χ2n) is 9.46. The maximum absolute atomic E-state index is 13.1. The number of nitrogens with one attached hydrogen (secondary N) is 1. The van der Waals surface area contributed by atoms with E-state index in [1.54, 1.807) is 18.2 Å². The normalized spacial score (nSPS) is 17.2. The molecule has 0 aliphatic carbocycles. The fourth-order valence-electron chi connectivity index (χ4n) is 4.89. The Morgan fingerprint density at radius 3 is 2.56 bits per heavy atom. The number of anilines is 1. The summed E-state index contributed by atoms with van der Waals surface area (Å²) < 4.78 is 5.44. The Hall–Kier alpha value is -3.23. The molecule has 0 saturated carbocycles. The molecule has 0 atom stereocenters. The summed E-state index contributed by atoms with van der Waals surface area (Å²) in [7, 11) is 0. The van der Waals surface area contributed by atoms with Crippen molar-refractivity contribution < 1.29 is 14.1 Å². The molecular weight excluding hydrogens is 478 g/mol. The Bertz CT molecular complexity index is 1220. The van der Waals surface area contributed by atoms with E-state index in [4.69, 9.17) is 16.1 Å². The van der Waals surface area contributed by atoms with Gasteiger partial charge in [-0.15, -0.1) is 0 Å². The van der Waals surface area contributed by atoms with E-state index in [1.165, 1.54) is 0 Å². The maximum Gasteiger partial charge on any atom is 0.255 e. The summed E-state index contributed by atoms with van der Waals surface area (Å²) in [5.41, 5.74) is 1.98. The van der Waals surface area contributed by atoms with Gasteiger partial charge >= 0.3 is 0 Å². The number of rotatable bonds is 6. The molecule has 0 bridgehead atoms. The van der Waals surface area contributed by atoms with Crippen molar-refractivity contribution in [3.63, 3.8) is 0 Å². The zero-order chi connectivity index (χ0) is 24.9. The maximum atomic E-state index is 13.1. The second-order valence-corrected chi connectivity index (χ2v) is 9.90. The van der Waals surface area contributed by atoms with Gasteiger partial charge in [0.25, 0.3) is 5.91 Å². The summed E-state index contributed by atoms with van der Waals surface area (Å²) in [6.07, 6.45) is 4.68. The van der Waals surface area contributed by atoms with Crippen molar-refractivity contribution >= 4 is 29.1 Å². The predicted molar refractivity (Wildman–Crippen MR) is 138 cm³/mol. The van der Waals surface area contributed by atoms with Gasteiger partial charge in [0.2, 0.25) is 17.6 Å². The lowest BCUT2D eigenvalue weighted by molar-refractivity contribution is -0.121. The summed E-state index contributed by atoms with van der Waals surface area (Å²) in [6.45, 7) is 3.60. The van der Waals surface area contributed by atoms with Gasteiger partial charge in [0.1, 0.15) is 0 Å². The SMILES string of the molecule is O=C(Nc1ccccc1C(=O)N1CCCCC1)C1CCN(Cc2nc(-c3cccc(Cl)c3)no2)CC1. The van der Waals surface area contributed by atoms with E-state index in [0.717, 1.165) is 63.8 Å². The van der Waals surface area contributed by atoms with Crippen LogP contribution in [0.1, 0.15) is 48.4 Å². The molecule has 2 fully saturated rings. The summed E-state index contributed by atoms with van der Waals surface area (Å²) in [6, 6.07) is 14.7. The number of carbonyl (C=O) groups is 2. The highest BCUT2D eigenvalue weighted by atomic mass is 35.5. The molecule has 2 aromatic carbocycles. The predicted octanol–water partition coefficient (Wildman–Crippen LogP) is 4.87. The van der Waals surface area contributed by atoms with Gasteiger partial charge < -0.3 is 14.7 Å². The number of hydrogen-bond donors (Lipinski definition) is 1.